The number of hydrogen-bond acceptors (Lipinski definition) is 5. The molecule has 1 aliphatic rings. The molecule has 2 amide bonds. The summed E-state index contributed by atoms with van der Waals surface area (Å²) in [5.41, 5.74) is 0. The molecule has 23 heavy (non-hydrogen) atoms. The van der Waals surface area contributed by atoms with Crippen LogP contribution in [0.2, 0.25) is 0 Å². The van der Waals surface area contributed by atoms with Gasteiger partial charge in [-0.1, -0.05) is 13.3 Å². The predicted molar refractivity (Wildman–Crippen MR) is 89.9 cm³/mol. The molecule has 1 unspecified atom stereocenters. The van der Waals surface area contributed by atoms with Crippen LogP contribution < -0.4 is 0 Å². The van der Waals surface area contributed by atoms with Crippen molar-refractivity contribution in [3.05, 3.63) is 0 Å². The Labute approximate surface area is 139 Å². The topological polar surface area (TPSA) is 78.0 Å². The number of rotatable bonds is 7. The first-order valence-corrected chi connectivity index (χ1v) is 9.91. The maximum Gasteiger partial charge on any atom is 0.312 e. The number of carbonyl (C=O) groups excluding carboxylic acids is 2. The quantitative estimate of drug-likeness (QED) is 0.597. The molecule has 0 spiro atoms. The van der Waals surface area contributed by atoms with Gasteiger partial charge in [0.25, 0.3) is 0 Å². The first kappa shape index (κ1) is 19.9. The first-order valence-electron chi connectivity index (χ1n) is 8.09. The maximum absolute atomic E-state index is 12.6. The van der Waals surface area contributed by atoms with Crippen LogP contribution in [0.3, 0.4) is 0 Å². The Morgan fingerprint density at radius 3 is 2.17 bits per heavy atom. The fourth-order valence-electron chi connectivity index (χ4n) is 2.56. The van der Waals surface area contributed by atoms with Crippen LogP contribution in [0.5, 0.6) is 0 Å². The summed E-state index contributed by atoms with van der Waals surface area (Å²) in [4.78, 5) is 29.7. The Morgan fingerprint density at radius 1 is 1.04 bits per heavy atom. The third-order valence-electron chi connectivity index (χ3n) is 4.07. The smallest absolute Gasteiger partial charge is 0.312 e. The average Bonchev–Trinajstić information content (AvgIpc) is 2.83. The van der Waals surface area contributed by atoms with E-state index in [4.69, 9.17) is 0 Å². The van der Waals surface area contributed by atoms with Gasteiger partial charge in [-0.25, -0.2) is 8.42 Å². The lowest BCUT2D eigenvalue weighted by Crippen LogP contribution is -2.50. The Kier molecular flexibility index (Phi) is 7.47. The zero-order chi connectivity index (χ0) is 17.6. The Hall–Kier alpha value is -1.15. The maximum atomic E-state index is 12.6. The van der Waals surface area contributed by atoms with Crippen molar-refractivity contribution >= 4 is 21.7 Å². The minimum Gasteiger partial charge on any atom is -0.338 e. The van der Waals surface area contributed by atoms with Crippen molar-refractivity contribution in [1.82, 2.24) is 14.7 Å². The lowest BCUT2D eigenvalue weighted by Gasteiger charge is -2.30. The van der Waals surface area contributed by atoms with Gasteiger partial charge in [-0.05, 0) is 26.9 Å². The van der Waals surface area contributed by atoms with Crippen LogP contribution in [0, 0.1) is 0 Å². The van der Waals surface area contributed by atoms with Crippen molar-refractivity contribution in [1.29, 1.82) is 0 Å². The van der Waals surface area contributed by atoms with E-state index in [0.29, 0.717) is 26.1 Å². The van der Waals surface area contributed by atoms with E-state index < -0.39 is 27.7 Å². The third kappa shape index (κ3) is 6.10. The van der Waals surface area contributed by atoms with Gasteiger partial charge in [0.05, 0.1) is 11.5 Å². The first-order chi connectivity index (χ1) is 10.7. The van der Waals surface area contributed by atoms with E-state index >= 15 is 0 Å². The van der Waals surface area contributed by atoms with E-state index in [1.807, 2.05) is 25.9 Å². The molecule has 0 aromatic carbocycles. The molecule has 134 valence electrons. The standard InChI is InChI=1S/C15H29N3O4S/c1-5-6-8-17(4)14(19)15(20)18(10-9-16(2)3)13-7-11-23(21,22)12-13/h13H,5-12H2,1-4H3. The molecule has 0 bridgehead atoms. The molecule has 0 N–H and O–H groups in total. The van der Waals surface area contributed by atoms with E-state index in [1.54, 1.807) is 7.05 Å². The van der Waals surface area contributed by atoms with Crippen molar-refractivity contribution in [2.75, 3.05) is 52.3 Å². The molecule has 1 fully saturated rings. The lowest BCUT2D eigenvalue weighted by atomic mass is 10.2. The zero-order valence-electron chi connectivity index (χ0n) is 14.6. The molecule has 0 radical (unpaired) electrons. The second-order valence-corrected chi connectivity index (χ2v) is 8.67. The monoisotopic (exact) mass is 347 g/mol. The summed E-state index contributed by atoms with van der Waals surface area (Å²) in [6, 6.07) is -0.393. The van der Waals surface area contributed by atoms with Gasteiger partial charge in [0.1, 0.15) is 0 Å². The van der Waals surface area contributed by atoms with Crippen LogP contribution in [0.1, 0.15) is 26.2 Å². The Balaban J connectivity index is 2.82. The third-order valence-corrected chi connectivity index (χ3v) is 5.83. The molecular weight excluding hydrogens is 318 g/mol. The van der Waals surface area contributed by atoms with Crippen LogP contribution >= 0.6 is 0 Å². The minimum atomic E-state index is -3.11. The second-order valence-electron chi connectivity index (χ2n) is 6.44. The molecule has 1 atom stereocenters. The molecule has 1 rings (SSSR count). The summed E-state index contributed by atoms with van der Waals surface area (Å²) in [6.07, 6.45) is 2.19. The Bertz CT molecular complexity index is 519. The predicted octanol–water partition coefficient (Wildman–Crippen LogP) is -0.178. The summed E-state index contributed by atoms with van der Waals surface area (Å²) in [6.45, 7) is 3.51. The van der Waals surface area contributed by atoms with Gasteiger partial charge in [-0.3, -0.25) is 9.59 Å². The summed E-state index contributed by atoms with van der Waals surface area (Å²) in [5, 5.41) is 0. The second kappa shape index (κ2) is 8.63. The normalized spacial score (nSPS) is 19.8. The highest BCUT2D eigenvalue weighted by Crippen LogP contribution is 2.18. The van der Waals surface area contributed by atoms with Gasteiger partial charge < -0.3 is 14.7 Å². The van der Waals surface area contributed by atoms with Crippen molar-refractivity contribution in [2.45, 2.75) is 32.2 Å². The molecule has 0 aromatic rings. The molecule has 8 heteroatoms. The van der Waals surface area contributed by atoms with Crippen LogP contribution in [0.15, 0.2) is 0 Å². The fraction of sp³-hybridized carbons (Fsp3) is 0.867. The molecule has 0 aliphatic carbocycles. The summed E-state index contributed by atoms with van der Waals surface area (Å²) in [7, 11) is 2.27. The number of hydrogen-bond donors (Lipinski definition) is 0. The highest BCUT2D eigenvalue weighted by Gasteiger charge is 2.37. The minimum absolute atomic E-state index is 0.0435. The van der Waals surface area contributed by atoms with E-state index in [9.17, 15) is 18.0 Å². The largest absolute Gasteiger partial charge is 0.338 e. The number of amides is 2. The van der Waals surface area contributed by atoms with Gasteiger partial charge in [0.2, 0.25) is 0 Å². The SMILES string of the molecule is CCCCN(C)C(=O)C(=O)N(CCN(C)C)C1CCS(=O)(=O)C1. The van der Waals surface area contributed by atoms with Crippen LogP contribution in [-0.2, 0) is 19.4 Å². The van der Waals surface area contributed by atoms with E-state index in [-0.39, 0.29) is 11.5 Å². The van der Waals surface area contributed by atoms with Gasteiger partial charge in [0, 0.05) is 32.7 Å². The highest BCUT2D eigenvalue weighted by molar-refractivity contribution is 7.91. The van der Waals surface area contributed by atoms with E-state index in [0.717, 1.165) is 12.8 Å². The number of unbranched alkanes of at least 4 members (excludes halogenated alkanes) is 1. The number of carbonyl (C=O) groups is 2. The van der Waals surface area contributed by atoms with Gasteiger partial charge >= 0.3 is 11.8 Å². The fourth-order valence-corrected chi connectivity index (χ4v) is 4.29. The van der Waals surface area contributed by atoms with Crippen LogP contribution in [-0.4, -0.2) is 93.3 Å². The molecule has 0 aromatic heterocycles. The van der Waals surface area contributed by atoms with E-state index in [2.05, 4.69) is 0 Å². The lowest BCUT2D eigenvalue weighted by molar-refractivity contribution is -0.152. The zero-order valence-corrected chi connectivity index (χ0v) is 15.4. The number of likely N-dealkylation sites (N-methyl/N-ethyl adjacent to an activating group) is 2. The summed E-state index contributed by atoms with van der Waals surface area (Å²) in [5.74, 6) is -1.10. The van der Waals surface area contributed by atoms with Crippen LogP contribution in [0.25, 0.3) is 0 Å². The van der Waals surface area contributed by atoms with Gasteiger partial charge in [0.15, 0.2) is 9.84 Å². The molecule has 1 aliphatic heterocycles. The number of sulfone groups is 1. The summed E-state index contributed by atoms with van der Waals surface area (Å²) < 4.78 is 23.4. The average molecular weight is 347 g/mol. The molecule has 7 nitrogen and oxygen atoms in total. The van der Waals surface area contributed by atoms with Crippen molar-refractivity contribution < 1.29 is 18.0 Å². The van der Waals surface area contributed by atoms with Gasteiger partial charge in [-0.15, -0.1) is 0 Å². The van der Waals surface area contributed by atoms with E-state index in [1.165, 1.54) is 9.80 Å². The van der Waals surface area contributed by atoms with Crippen molar-refractivity contribution in [3.63, 3.8) is 0 Å². The van der Waals surface area contributed by atoms with Crippen molar-refractivity contribution in [2.24, 2.45) is 0 Å². The molecule has 1 saturated heterocycles. The molecule has 1 heterocycles. The van der Waals surface area contributed by atoms with Crippen LogP contribution in [0.4, 0.5) is 0 Å². The summed E-state index contributed by atoms with van der Waals surface area (Å²) >= 11 is 0. The van der Waals surface area contributed by atoms with Crippen molar-refractivity contribution in [3.8, 4) is 0 Å². The molecular formula is C15H29N3O4S. The number of nitrogens with zero attached hydrogens (tertiary/aromatic N) is 3. The Morgan fingerprint density at radius 2 is 1.70 bits per heavy atom. The highest BCUT2D eigenvalue weighted by atomic mass is 32.2. The van der Waals surface area contributed by atoms with Gasteiger partial charge in [-0.2, -0.15) is 0 Å². The molecule has 0 saturated carbocycles.